The third-order valence-electron chi connectivity index (χ3n) is 3.88. The minimum Gasteiger partial charge on any atom is -0.311 e. The highest BCUT2D eigenvalue weighted by Gasteiger charge is 2.29. The molecule has 0 aliphatic carbocycles. The van der Waals surface area contributed by atoms with E-state index in [1.54, 1.807) is 0 Å². The van der Waals surface area contributed by atoms with Crippen LogP contribution in [0.4, 0.5) is 0 Å². The molecule has 114 valence electrons. The predicted octanol–water partition coefficient (Wildman–Crippen LogP) is 2.47. The van der Waals surface area contributed by atoms with Crippen molar-refractivity contribution in [1.82, 2.24) is 14.5 Å². The first-order chi connectivity index (χ1) is 9.85. The van der Waals surface area contributed by atoms with Crippen molar-refractivity contribution in [3.63, 3.8) is 0 Å². The van der Waals surface area contributed by atoms with Gasteiger partial charge >= 0.3 is 0 Å². The van der Waals surface area contributed by atoms with Crippen molar-refractivity contribution in [2.24, 2.45) is 5.92 Å². The van der Waals surface area contributed by atoms with Gasteiger partial charge in [-0.1, -0.05) is 0 Å². The summed E-state index contributed by atoms with van der Waals surface area (Å²) >= 11 is 6.23. The summed E-state index contributed by atoms with van der Waals surface area (Å²) in [4.78, 5) is 9.10. The van der Waals surface area contributed by atoms with Crippen LogP contribution in [0.3, 0.4) is 0 Å². The minimum atomic E-state index is -2.88. The minimum absolute atomic E-state index is 0.115. The molecule has 2 aromatic heterocycles. The van der Waals surface area contributed by atoms with Crippen molar-refractivity contribution in [2.45, 2.75) is 32.2 Å². The van der Waals surface area contributed by atoms with Gasteiger partial charge in [-0.05, 0) is 38.3 Å². The highest BCUT2D eigenvalue weighted by atomic mass is 35.5. The summed E-state index contributed by atoms with van der Waals surface area (Å²) < 4.78 is 25.3. The molecule has 0 saturated carbocycles. The Labute approximate surface area is 129 Å². The summed E-state index contributed by atoms with van der Waals surface area (Å²) in [5.74, 6) is 1.40. The molecule has 2 atom stereocenters. The number of aryl methyl sites for hydroxylation is 1. The topological polar surface area (TPSA) is 64.8 Å². The summed E-state index contributed by atoms with van der Waals surface area (Å²) in [5, 5.41) is -0.238. The van der Waals surface area contributed by atoms with Crippen molar-refractivity contribution in [2.75, 3.05) is 11.5 Å². The number of hydrogen-bond acceptors (Lipinski definition) is 4. The number of hydrogen-bond donors (Lipinski definition) is 0. The Hall–Kier alpha value is -1.14. The summed E-state index contributed by atoms with van der Waals surface area (Å²) in [6.45, 7) is 4.41. The van der Waals surface area contributed by atoms with Crippen LogP contribution in [-0.2, 0) is 16.4 Å². The molecule has 2 unspecified atom stereocenters. The highest BCUT2D eigenvalue weighted by Crippen LogP contribution is 2.27. The van der Waals surface area contributed by atoms with Gasteiger partial charge in [0.05, 0.1) is 16.9 Å². The number of pyridine rings is 1. The van der Waals surface area contributed by atoms with Crippen LogP contribution in [0.15, 0.2) is 12.1 Å². The van der Waals surface area contributed by atoms with Gasteiger partial charge in [-0.15, -0.1) is 11.6 Å². The van der Waals surface area contributed by atoms with Crippen LogP contribution in [0.25, 0.3) is 11.2 Å². The van der Waals surface area contributed by atoms with Gasteiger partial charge in [0.25, 0.3) is 0 Å². The third-order valence-corrected chi connectivity index (χ3v) is 5.92. The largest absolute Gasteiger partial charge is 0.311 e. The van der Waals surface area contributed by atoms with E-state index in [1.165, 1.54) is 0 Å². The molecule has 1 aliphatic rings. The van der Waals surface area contributed by atoms with E-state index in [1.807, 2.05) is 30.5 Å². The van der Waals surface area contributed by atoms with Gasteiger partial charge in [-0.25, -0.2) is 18.4 Å². The molecule has 3 heterocycles. The average Bonchev–Trinajstić information content (AvgIpc) is 2.91. The zero-order chi connectivity index (χ0) is 15.2. The summed E-state index contributed by atoms with van der Waals surface area (Å²) in [5.41, 5.74) is 2.52. The number of fused-ring (bicyclic) bond motifs is 1. The smallest absolute Gasteiger partial charge is 0.160 e. The van der Waals surface area contributed by atoms with Crippen LogP contribution in [0.2, 0.25) is 0 Å². The Kier molecular flexibility index (Phi) is 3.69. The standard InChI is InChI=1S/C14H18ClN3O2S/c1-9-3-4-12-14(16-9)18(13(17-12)10(2)15)7-11-5-6-21(19,20)8-11/h3-4,10-11H,5-8H2,1-2H3. The molecule has 0 radical (unpaired) electrons. The lowest BCUT2D eigenvalue weighted by molar-refractivity contribution is 0.484. The molecule has 0 bridgehead atoms. The summed E-state index contributed by atoms with van der Waals surface area (Å²) in [6.07, 6.45) is 0.698. The van der Waals surface area contributed by atoms with E-state index in [-0.39, 0.29) is 22.8 Å². The number of halogens is 1. The fraction of sp³-hybridized carbons (Fsp3) is 0.571. The molecule has 5 nitrogen and oxygen atoms in total. The van der Waals surface area contributed by atoms with E-state index in [0.717, 1.165) is 22.7 Å². The van der Waals surface area contributed by atoms with Gasteiger partial charge < -0.3 is 4.57 Å². The quantitative estimate of drug-likeness (QED) is 0.812. The molecule has 3 rings (SSSR count). The Morgan fingerprint density at radius 1 is 1.43 bits per heavy atom. The number of imidazole rings is 1. The van der Waals surface area contributed by atoms with Crippen molar-refractivity contribution in [1.29, 1.82) is 0 Å². The molecule has 0 N–H and O–H groups in total. The van der Waals surface area contributed by atoms with Crippen molar-refractivity contribution in [3.05, 3.63) is 23.7 Å². The zero-order valence-corrected chi connectivity index (χ0v) is 13.7. The van der Waals surface area contributed by atoms with Crippen LogP contribution in [0.1, 0.15) is 30.2 Å². The van der Waals surface area contributed by atoms with Crippen LogP contribution >= 0.6 is 11.6 Å². The van der Waals surface area contributed by atoms with Gasteiger partial charge in [0.15, 0.2) is 15.5 Å². The van der Waals surface area contributed by atoms with Crippen molar-refractivity contribution >= 4 is 32.6 Å². The predicted molar refractivity (Wildman–Crippen MR) is 83.3 cm³/mol. The van der Waals surface area contributed by atoms with Gasteiger partial charge in [-0.2, -0.15) is 0 Å². The van der Waals surface area contributed by atoms with Crippen LogP contribution in [0.5, 0.6) is 0 Å². The molecule has 0 spiro atoms. The van der Waals surface area contributed by atoms with Gasteiger partial charge in [0.1, 0.15) is 11.3 Å². The highest BCUT2D eigenvalue weighted by molar-refractivity contribution is 7.91. The van der Waals surface area contributed by atoms with Gasteiger partial charge in [-0.3, -0.25) is 0 Å². The van der Waals surface area contributed by atoms with E-state index < -0.39 is 9.84 Å². The third kappa shape index (κ3) is 2.92. The molecule has 0 amide bonds. The van der Waals surface area contributed by atoms with Crippen LogP contribution in [-0.4, -0.2) is 34.5 Å². The first-order valence-corrected chi connectivity index (χ1v) is 9.30. The first-order valence-electron chi connectivity index (χ1n) is 7.04. The molecule has 7 heteroatoms. The first kappa shape index (κ1) is 14.8. The van der Waals surface area contributed by atoms with E-state index in [9.17, 15) is 8.42 Å². The Morgan fingerprint density at radius 2 is 2.19 bits per heavy atom. The maximum atomic E-state index is 11.6. The Bertz CT molecular complexity index is 783. The van der Waals surface area contributed by atoms with Crippen molar-refractivity contribution in [3.8, 4) is 0 Å². The Balaban J connectivity index is 2.03. The molecular formula is C14H18ClN3O2S. The normalized spacial score (nSPS) is 22.7. The van der Waals surface area contributed by atoms with Crippen LogP contribution in [0, 0.1) is 12.8 Å². The van der Waals surface area contributed by atoms with Gasteiger partial charge in [0, 0.05) is 12.2 Å². The van der Waals surface area contributed by atoms with E-state index in [0.29, 0.717) is 13.0 Å². The van der Waals surface area contributed by atoms with Crippen molar-refractivity contribution < 1.29 is 8.42 Å². The molecule has 1 aliphatic heterocycles. The summed E-state index contributed by atoms with van der Waals surface area (Å²) in [6, 6.07) is 3.85. The van der Waals surface area contributed by atoms with E-state index in [2.05, 4.69) is 9.97 Å². The average molecular weight is 328 g/mol. The van der Waals surface area contributed by atoms with E-state index in [4.69, 9.17) is 11.6 Å². The second-order valence-electron chi connectivity index (χ2n) is 5.76. The second-order valence-corrected chi connectivity index (χ2v) is 8.64. The molecule has 1 saturated heterocycles. The summed E-state index contributed by atoms with van der Waals surface area (Å²) in [7, 11) is -2.88. The molecule has 2 aromatic rings. The number of rotatable bonds is 3. The molecular weight excluding hydrogens is 310 g/mol. The number of sulfone groups is 1. The lowest BCUT2D eigenvalue weighted by Gasteiger charge is -2.14. The number of alkyl halides is 1. The zero-order valence-electron chi connectivity index (χ0n) is 12.1. The fourth-order valence-electron chi connectivity index (χ4n) is 2.87. The van der Waals surface area contributed by atoms with Crippen LogP contribution < -0.4 is 0 Å². The number of aromatic nitrogens is 3. The lowest BCUT2D eigenvalue weighted by atomic mass is 10.1. The SMILES string of the molecule is Cc1ccc2nc(C(C)Cl)n(CC3CCS(=O)(=O)C3)c2n1. The monoisotopic (exact) mass is 327 g/mol. The van der Waals surface area contributed by atoms with E-state index >= 15 is 0 Å². The van der Waals surface area contributed by atoms with Gasteiger partial charge in [0.2, 0.25) is 0 Å². The lowest BCUT2D eigenvalue weighted by Crippen LogP contribution is -2.15. The maximum Gasteiger partial charge on any atom is 0.160 e. The molecule has 1 fully saturated rings. The number of nitrogens with zero attached hydrogens (tertiary/aromatic N) is 3. The molecule has 0 aromatic carbocycles. The maximum absolute atomic E-state index is 11.6. The second kappa shape index (κ2) is 5.25. The molecule has 21 heavy (non-hydrogen) atoms. The fourth-order valence-corrected chi connectivity index (χ4v) is 4.89. The Morgan fingerprint density at radius 3 is 2.81 bits per heavy atom.